The van der Waals surface area contributed by atoms with Gasteiger partial charge in [-0.3, -0.25) is 4.79 Å². The fraction of sp³-hybridized carbons (Fsp3) is 0.350. The van der Waals surface area contributed by atoms with Crippen molar-refractivity contribution < 1.29 is 14.3 Å². The molecule has 0 heterocycles. The molecule has 1 unspecified atom stereocenters. The third-order valence-electron chi connectivity index (χ3n) is 4.22. The fourth-order valence-corrected chi connectivity index (χ4v) is 2.56. The Morgan fingerprint density at radius 2 is 1.79 bits per heavy atom. The van der Waals surface area contributed by atoms with E-state index in [0.29, 0.717) is 23.6 Å². The van der Waals surface area contributed by atoms with Crippen molar-refractivity contribution in [2.24, 2.45) is 0 Å². The van der Waals surface area contributed by atoms with Crippen molar-refractivity contribution in [1.29, 1.82) is 0 Å². The van der Waals surface area contributed by atoms with Crippen LogP contribution in [0.25, 0.3) is 0 Å². The molecule has 4 heteroatoms. The molecule has 0 bridgehead atoms. The van der Waals surface area contributed by atoms with Crippen molar-refractivity contribution in [3.05, 3.63) is 59.7 Å². The molecule has 2 aromatic carbocycles. The highest BCUT2D eigenvalue weighted by Gasteiger charge is 2.24. The van der Waals surface area contributed by atoms with E-state index in [1.807, 2.05) is 35.2 Å². The van der Waals surface area contributed by atoms with E-state index in [1.165, 1.54) is 0 Å². The summed E-state index contributed by atoms with van der Waals surface area (Å²) in [6.45, 7) is 4.71. The van der Waals surface area contributed by atoms with Crippen molar-refractivity contribution in [2.75, 3.05) is 14.2 Å². The summed E-state index contributed by atoms with van der Waals surface area (Å²) in [6, 6.07) is 15.4. The Labute approximate surface area is 144 Å². The summed E-state index contributed by atoms with van der Waals surface area (Å²) in [7, 11) is 3.16. The quantitative estimate of drug-likeness (QED) is 0.767. The molecule has 0 radical (unpaired) electrons. The van der Waals surface area contributed by atoms with Crippen LogP contribution in [0, 0.1) is 0 Å². The van der Waals surface area contributed by atoms with Crippen LogP contribution in [0.15, 0.2) is 48.5 Å². The van der Waals surface area contributed by atoms with Crippen LogP contribution in [0.5, 0.6) is 11.5 Å². The Morgan fingerprint density at radius 3 is 2.38 bits per heavy atom. The highest BCUT2D eigenvalue weighted by atomic mass is 16.5. The molecule has 1 amide bonds. The third kappa shape index (κ3) is 4.07. The van der Waals surface area contributed by atoms with Gasteiger partial charge in [0.15, 0.2) is 0 Å². The van der Waals surface area contributed by atoms with E-state index in [0.717, 1.165) is 12.0 Å². The fourth-order valence-electron chi connectivity index (χ4n) is 2.56. The molecule has 128 valence electrons. The first-order chi connectivity index (χ1) is 11.6. The minimum absolute atomic E-state index is 0.0519. The topological polar surface area (TPSA) is 38.8 Å². The van der Waals surface area contributed by atoms with Gasteiger partial charge in [0.05, 0.1) is 19.8 Å². The number of methoxy groups -OCH3 is 2. The number of hydrogen-bond acceptors (Lipinski definition) is 3. The Bertz CT molecular complexity index is 670. The van der Waals surface area contributed by atoms with Crippen LogP contribution in [0.4, 0.5) is 0 Å². The van der Waals surface area contributed by atoms with Gasteiger partial charge in [0.1, 0.15) is 11.5 Å². The van der Waals surface area contributed by atoms with Gasteiger partial charge in [-0.15, -0.1) is 0 Å². The Kier molecular flexibility index (Phi) is 6.24. The van der Waals surface area contributed by atoms with Crippen molar-refractivity contribution in [3.8, 4) is 11.5 Å². The minimum Gasteiger partial charge on any atom is -0.497 e. The average molecular weight is 327 g/mol. The van der Waals surface area contributed by atoms with E-state index in [9.17, 15) is 4.79 Å². The molecule has 4 nitrogen and oxygen atoms in total. The maximum Gasteiger partial charge on any atom is 0.258 e. The number of rotatable bonds is 7. The lowest BCUT2D eigenvalue weighted by atomic mass is 10.1. The van der Waals surface area contributed by atoms with E-state index in [2.05, 4.69) is 13.8 Å². The third-order valence-corrected chi connectivity index (χ3v) is 4.22. The first-order valence-corrected chi connectivity index (χ1v) is 8.17. The Balaban J connectivity index is 2.37. The first-order valence-electron chi connectivity index (χ1n) is 8.17. The van der Waals surface area contributed by atoms with E-state index in [-0.39, 0.29) is 11.9 Å². The smallest absolute Gasteiger partial charge is 0.258 e. The second-order valence-corrected chi connectivity index (χ2v) is 5.74. The van der Waals surface area contributed by atoms with Gasteiger partial charge >= 0.3 is 0 Å². The van der Waals surface area contributed by atoms with Crippen LogP contribution in [0.2, 0.25) is 0 Å². The van der Waals surface area contributed by atoms with Gasteiger partial charge in [-0.2, -0.15) is 0 Å². The molecular weight excluding hydrogens is 302 g/mol. The number of carbonyl (C=O) groups is 1. The van der Waals surface area contributed by atoms with Crippen molar-refractivity contribution in [1.82, 2.24) is 4.90 Å². The van der Waals surface area contributed by atoms with Gasteiger partial charge < -0.3 is 14.4 Å². The predicted octanol–water partition coefficient (Wildman–Crippen LogP) is 4.14. The molecule has 0 saturated heterocycles. The molecule has 0 aromatic heterocycles. The largest absolute Gasteiger partial charge is 0.497 e. The zero-order valence-corrected chi connectivity index (χ0v) is 14.8. The van der Waals surface area contributed by atoms with Crippen LogP contribution in [-0.2, 0) is 6.54 Å². The van der Waals surface area contributed by atoms with Crippen molar-refractivity contribution in [3.63, 3.8) is 0 Å². The van der Waals surface area contributed by atoms with Gasteiger partial charge in [-0.25, -0.2) is 0 Å². The van der Waals surface area contributed by atoms with E-state index in [1.54, 1.807) is 32.4 Å². The summed E-state index contributed by atoms with van der Waals surface area (Å²) < 4.78 is 10.6. The first kappa shape index (κ1) is 17.9. The maximum atomic E-state index is 13.2. The summed E-state index contributed by atoms with van der Waals surface area (Å²) in [4.78, 5) is 15.1. The van der Waals surface area contributed by atoms with Crippen LogP contribution in [0.1, 0.15) is 36.2 Å². The monoisotopic (exact) mass is 327 g/mol. The number of amides is 1. The van der Waals surface area contributed by atoms with E-state index in [4.69, 9.17) is 9.47 Å². The summed E-state index contributed by atoms with van der Waals surface area (Å²) in [6.07, 6.45) is 0.880. The van der Waals surface area contributed by atoms with E-state index < -0.39 is 0 Å². The van der Waals surface area contributed by atoms with Crippen molar-refractivity contribution >= 4 is 5.91 Å². The van der Waals surface area contributed by atoms with Crippen molar-refractivity contribution in [2.45, 2.75) is 32.9 Å². The predicted molar refractivity (Wildman–Crippen MR) is 95.6 cm³/mol. The molecular formula is C20H25NO3. The van der Waals surface area contributed by atoms with Crippen LogP contribution < -0.4 is 9.47 Å². The molecule has 0 aliphatic carbocycles. The second kappa shape index (κ2) is 8.39. The maximum absolute atomic E-state index is 13.2. The van der Waals surface area contributed by atoms with Crippen LogP contribution >= 0.6 is 0 Å². The molecule has 2 aromatic rings. The lowest BCUT2D eigenvalue weighted by Crippen LogP contribution is -2.38. The van der Waals surface area contributed by atoms with Crippen LogP contribution in [0.3, 0.4) is 0 Å². The van der Waals surface area contributed by atoms with Gasteiger partial charge in [-0.1, -0.05) is 37.3 Å². The number of carbonyl (C=O) groups excluding carboxylic acids is 1. The minimum atomic E-state index is -0.0519. The molecule has 1 atom stereocenters. The summed E-state index contributed by atoms with van der Waals surface area (Å²) >= 11 is 0. The molecule has 2 rings (SSSR count). The van der Waals surface area contributed by atoms with Gasteiger partial charge in [-0.05, 0) is 37.1 Å². The molecule has 0 N–H and O–H groups in total. The normalized spacial score (nSPS) is 11.7. The summed E-state index contributed by atoms with van der Waals surface area (Å²) in [5.41, 5.74) is 1.63. The summed E-state index contributed by atoms with van der Waals surface area (Å²) in [5.74, 6) is 1.15. The zero-order chi connectivity index (χ0) is 17.5. The highest BCUT2D eigenvalue weighted by Crippen LogP contribution is 2.27. The molecule has 0 aliphatic rings. The second-order valence-electron chi connectivity index (χ2n) is 5.74. The van der Waals surface area contributed by atoms with Gasteiger partial charge in [0.2, 0.25) is 0 Å². The number of hydrogen-bond donors (Lipinski definition) is 0. The SMILES string of the molecule is CCC(C)N(Cc1ccccc1)C(=O)c1cc(OC)ccc1OC. The molecule has 0 fully saturated rings. The zero-order valence-electron chi connectivity index (χ0n) is 14.8. The lowest BCUT2D eigenvalue weighted by molar-refractivity contribution is 0.0667. The van der Waals surface area contributed by atoms with E-state index >= 15 is 0 Å². The highest BCUT2D eigenvalue weighted by molar-refractivity contribution is 5.97. The molecule has 0 spiro atoms. The van der Waals surface area contributed by atoms with Gasteiger partial charge in [0.25, 0.3) is 5.91 Å². The molecule has 0 saturated carbocycles. The summed E-state index contributed by atoms with van der Waals surface area (Å²) in [5, 5.41) is 0. The molecule has 24 heavy (non-hydrogen) atoms. The molecule has 0 aliphatic heterocycles. The Morgan fingerprint density at radius 1 is 1.08 bits per heavy atom. The number of benzene rings is 2. The van der Waals surface area contributed by atoms with Gasteiger partial charge in [0, 0.05) is 12.6 Å². The Hall–Kier alpha value is -2.49. The lowest BCUT2D eigenvalue weighted by Gasteiger charge is -2.29. The van der Waals surface area contributed by atoms with Crippen LogP contribution in [-0.4, -0.2) is 31.1 Å². The number of nitrogens with zero attached hydrogens (tertiary/aromatic N) is 1. The average Bonchev–Trinajstić information content (AvgIpc) is 2.65. The number of ether oxygens (including phenoxy) is 2. The standard InChI is InChI=1S/C20H25NO3/c1-5-15(2)21(14-16-9-7-6-8-10-16)20(22)18-13-17(23-3)11-12-19(18)24-4/h6-13,15H,5,14H2,1-4H3.